The molecule has 7 nitrogen and oxygen atoms in total. The highest BCUT2D eigenvalue weighted by Gasteiger charge is 2.31. The second-order valence-electron chi connectivity index (χ2n) is 7.78. The summed E-state index contributed by atoms with van der Waals surface area (Å²) in [6.45, 7) is 2.75. The van der Waals surface area contributed by atoms with Crippen molar-refractivity contribution >= 4 is 27.3 Å². The van der Waals surface area contributed by atoms with Gasteiger partial charge in [-0.15, -0.1) is 0 Å². The van der Waals surface area contributed by atoms with E-state index in [0.717, 1.165) is 19.3 Å². The van der Waals surface area contributed by atoms with Gasteiger partial charge >= 0.3 is 0 Å². The Hall–Kier alpha value is -2.78. The van der Waals surface area contributed by atoms with Crippen LogP contribution in [0.3, 0.4) is 0 Å². The first kappa shape index (κ1) is 21.5. The molecule has 0 aliphatic carbocycles. The fourth-order valence-corrected chi connectivity index (χ4v) is 5.55. The van der Waals surface area contributed by atoms with Crippen molar-refractivity contribution in [2.24, 2.45) is 5.16 Å². The van der Waals surface area contributed by atoms with E-state index in [9.17, 15) is 17.6 Å². The maximum absolute atomic E-state index is 13.4. The molecule has 1 amide bonds. The Morgan fingerprint density at radius 1 is 1.16 bits per heavy atom. The highest BCUT2D eigenvalue weighted by atomic mass is 32.2. The average Bonchev–Trinajstić information content (AvgIpc) is 3.26. The Balaban J connectivity index is 1.46. The van der Waals surface area contributed by atoms with Gasteiger partial charge in [0.25, 0.3) is 5.91 Å². The zero-order valence-electron chi connectivity index (χ0n) is 17.2. The number of carbonyl (C=O) groups is 1. The molecule has 0 spiro atoms. The van der Waals surface area contributed by atoms with Gasteiger partial charge in [0, 0.05) is 30.8 Å². The monoisotopic (exact) mass is 445 g/mol. The first-order valence-electron chi connectivity index (χ1n) is 10.2. The predicted molar refractivity (Wildman–Crippen MR) is 115 cm³/mol. The summed E-state index contributed by atoms with van der Waals surface area (Å²) in [5, 5.41) is 6.63. The number of halogens is 1. The minimum atomic E-state index is -3.63. The zero-order chi connectivity index (χ0) is 22.0. The molecular formula is C22H24FN3O4S. The van der Waals surface area contributed by atoms with E-state index >= 15 is 0 Å². The van der Waals surface area contributed by atoms with Gasteiger partial charge in [-0.05, 0) is 49.6 Å². The topological polar surface area (TPSA) is 88.1 Å². The molecule has 0 unspecified atom stereocenters. The van der Waals surface area contributed by atoms with Crippen LogP contribution >= 0.6 is 0 Å². The number of sulfonamides is 1. The number of hydrogen-bond donors (Lipinski definition) is 1. The molecule has 0 bridgehead atoms. The summed E-state index contributed by atoms with van der Waals surface area (Å²) in [5.74, 6) is -0.837. The molecule has 1 saturated heterocycles. The number of nitrogens with one attached hydrogen (secondary N) is 1. The lowest BCUT2D eigenvalue weighted by molar-refractivity contribution is -0.125. The number of hydrogen-bond acceptors (Lipinski definition) is 5. The van der Waals surface area contributed by atoms with Crippen LogP contribution in [0.5, 0.6) is 0 Å². The van der Waals surface area contributed by atoms with Crippen LogP contribution in [-0.4, -0.2) is 43.5 Å². The molecule has 0 saturated carbocycles. The lowest BCUT2D eigenvalue weighted by Gasteiger charge is -2.26. The van der Waals surface area contributed by atoms with E-state index in [0.29, 0.717) is 35.6 Å². The Morgan fingerprint density at radius 3 is 2.68 bits per heavy atom. The highest BCUT2D eigenvalue weighted by molar-refractivity contribution is 7.89. The van der Waals surface area contributed by atoms with E-state index < -0.39 is 27.9 Å². The van der Waals surface area contributed by atoms with Crippen LogP contribution in [0.1, 0.15) is 36.8 Å². The summed E-state index contributed by atoms with van der Waals surface area (Å²) in [5.41, 5.74) is 2.03. The summed E-state index contributed by atoms with van der Waals surface area (Å²) >= 11 is 0. The van der Waals surface area contributed by atoms with Crippen molar-refractivity contribution < 1.29 is 22.4 Å². The fourth-order valence-electron chi connectivity index (χ4n) is 3.78. The first-order valence-corrected chi connectivity index (χ1v) is 11.7. The maximum atomic E-state index is 13.4. The van der Waals surface area contributed by atoms with Crippen LogP contribution in [0.4, 0.5) is 10.1 Å². The number of amides is 1. The second-order valence-corrected chi connectivity index (χ2v) is 9.69. The van der Waals surface area contributed by atoms with Crippen LogP contribution in [-0.2, 0) is 19.7 Å². The van der Waals surface area contributed by atoms with Crippen molar-refractivity contribution in [3.8, 4) is 0 Å². The molecule has 1 fully saturated rings. The molecule has 2 aromatic carbocycles. The summed E-state index contributed by atoms with van der Waals surface area (Å²) in [4.78, 5) is 18.1. The lowest BCUT2D eigenvalue weighted by Crippen LogP contribution is -2.36. The molecule has 2 aliphatic rings. The summed E-state index contributed by atoms with van der Waals surface area (Å²) in [6, 6.07) is 10.8. The van der Waals surface area contributed by atoms with E-state index in [2.05, 4.69) is 10.5 Å². The van der Waals surface area contributed by atoms with Gasteiger partial charge in [-0.2, -0.15) is 4.31 Å². The smallest absolute Gasteiger partial charge is 0.268 e. The molecule has 31 heavy (non-hydrogen) atoms. The van der Waals surface area contributed by atoms with Crippen molar-refractivity contribution in [3.05, 3.63) is 59.4 Å². The Kier molecular flexibility index (Phi) is 6.06. The number of piperidine rings is 1. The van der Waals surface area contributed by atoms with E-state index in [1.54, 1.807) is 31.2 Å². The Bertz CT molecular complexity index is 1130. The number of rotatable bonds is 5. The fraction of sp³-hybridized carbons (Fsp3) is 0.364. The molecule has 2 aliphatic heterocycles. The van der Waals surface area contributed by atoms with Crippen molar-refractivity contribution in [1.29, 1.82) is 0 Å². The highest BCUT2D eigenvalue weighted by Crippen LogP contribution is 2.27. The third-order valence-electron chi connectivity index (χ3n) is 5.51. The van der Waals surface area contributed by atoms with E-state index in [-0.39, 0.29) is 11.3 Å². The molecule has 164 valence electrons. The molecule has 2 heterocycles. The van der Waals surface area contributed by atoms with Crippen LogP contribution in [0.2, 0.25) is 0 Å². The van der Waals surface area contributed by atoms with Crippen molar-refractivity contribution in [3.63, 3.8) is 0 Å². The number of benzene rings is 2. The van der Waals surface area contributed by atoms with Gasteiger partial charge in [0.15, 0.2) is 0 Å². The average molecular weight is 446 g/mol. The minimum Gasteiger partial charge on any atom is -0.382 e. The molecule has 0 radical (unpaired) electrons. The van der Waals surface area contributed by atoms with E-state index in [1.165, 1.54) is 22.5 Å². The molecule has 0 aromatic heterocycles. The standard InChI is InChI=1S/C22H24FN3O4S/c1-15-8-9-18(13-21(15)31(28,29)26-10-3-2-4-11-26)24-22(27)20-14-19(25-30-20)16-6-5-7-17(23)12-16/h5-9,12-13,20H,2-4,10-11,14H2,1H3,(H,24,27)/t20-/m1/s1. The molecule has 9 heteroatoms. The number of aryl methyl sites for hydroxylation is 1. The normalized spacial score (nSPS) is 19.5. The van der Waals surface area contributed by atoms with Gasteiger partial charge in [0.2, 0.25) is 16.1 Å². The zero-order valence-corrected chi connectivity index (χ0v) is 18.0. The second kappa shape index (κ2) is 8.76. The summed E-state index contributed by atoms with van der Waals surface area (Å²) < 4.78 is 41.1. The van der Waals surface area contributed by atoms with Crippen LogP contribution in [0.15, 0.2) is 52.5 Å². The predicted octanol–water partition coefficient (Wildman–Crippen LogP) is 3.44. The quantitative estimate of drug-likeness (QED) is 0.764. The van der Waals surface area contributed by atoms with Crippen LogP contribution in [0.25, 0.3) is 0 Å². The van der Waals surface area contributed by atoms with Crippen LogP contribution in [0, 0.1) is 12.7 Å². The van der Waals surface area contributed by atoms with Crippen molar-refractivity contribution in [2.75, 3.05) is 18.4 Å². The number of carbonyl (C=O) groups excluding carboxylic acids is 1. The van der Waals surface area contributed by atoms with E-state index in [4.69, 9.17) is 4.84 Å². The number of anilines is 1. The summed E-state index contributed by atoms with van der Waals surface area (Å²) in [6.07, 6.45) is 2.05. The van der Waals surface area contributed by atoms with Gasteiger partial charge in [0.05, 0.1) is 10.6 Å². The van der Waals surface area contributed by atoms with Gasteiger partial charge in [-0.3, -0.25) is 4.79 Å². The summed E-state index contributed by atoms with van der Waals surface area (Å²) in [7, 11) is -3.63. The number of nitrogens with zero attached hydrogens (tertiary/aromatic N) is 2. The van der Waals surface area contributed by atoms with Gasteiger partial charge in [-0.25, -0.2) is 12.8 Å². The third-order valence-corrected chi connectivity index (χ3v) is 7.55. The van der Waals surface area contributed by atoms with Gasteiger partial charge in [-0.1, -0.05) is 29.8 Å². The molecule has 1 N–H and O–H groups in total. The molecule has 2 aromatic rings. The van der Waals surface area contributed by atoms with Gasteiger partial charge in [0.1, 0.15) is 5.82 Å². The Labute approximate surface area is 180 Å². The molecular weight excluding hydrogens is 421 g/mol. The third kappa shape index (κ3) is 4.62. The van der Waals surface area contributed by atoms with Gasteiger partial charge < -0.3 is 10.2 Å². The van der Waals surface area contributed by atoms with Crippen molar-refractivity contribution in [1.82, 2.24) is 4.31 Å². The first-order chi connectivity index (χ1) is 14.8. The minimum absolute atomic E-state index is 0.191. The van der Waals surface area contributed by atoms with Crippen molar-refractivity contribution in [2.45, 2.75) is 43.6 Å². The Morgan fingerprint density at radius 2 is 1.94 bits per heavy atom. The van der Waals surface area contributed by atoms with E-state index in [1.807, 2.05) is 0 Å². The lowest BCUT2D eigenvalue weighted by atomic mass is 10.0. The molecule has 1 atom stereocenters. The maximum Gasteiger partial charge on any atom is 0.268 e. The van der Waals surface area contributed by atoms with Crippen LogP contribution < -0.4 is 5.32 Å². The largest absolute Gasteiger partial charge is 0.382 e. The SMILES string of the molecule is Cc1ccc(NC(=O)[C@H]2CC(c3cccc(F)c3)=NO2)cc1S(=O)(=O)N1CCCCC1. The number of oxime groups is 1. The molecule has 4 rings (SSSR count).